The second kappa shape index (κ2) is 4.32. The van der Waals surface area contributed by atoms with Gasteiger partial charge in [0.25, 0.3) is 0 Å². The number of imidazole rings is 1. The maximum atomic E-state index is 10.7. The van der Waals surface area contributed by atoms with Gasteiger partial charge in [-0.25, -0.2) is 4.98 Å². The Morgan fingerprint density at radius 3 is 3.00 bits per heavy atom. The van der Waals surface area contributed by atoms with Gasteiger partial charge in [0.2, 0.25) is 5.95 Å². The number of carboxylic acid groups (broad SMARTS) is 1. The summed E-state index contributed by atoms with van der Waals surface area (Å²) in [6.45, 7) is 1.55. The van der Waals surface area contributed by atoms with Crippen LogP contribution in [0.3, 0.4) is 0 Å². The first-order valence-electron chi connectivity index (χ1n) is 5.13. The molecule has 0 saturated heterocycles. The van der Waals surface area contributed by atoms with Gasteiger partial charge in [-0.2, -0.15) is 0 Å². The zero-order chi connectivity index (χ0) is 12.4. The molecule has 0 amide bonds. The molecule has 1 unspecified atom stereocenters. The number of hydrogen-bond acceptors (Lipinski definition) is 4. The number of nitrogens with zero attached hydrogens (tertiary/aromatic N) is 1. The van der Waals surface area contributed by atoms with Crippen molar-refractivity contribution in [3.63, 3.8) is 0 Å². The summed E-state index contributed by atoms with van der Waals surface area (Å²) in [5.41, 5.74) is 1.55. The fourth-order valence-electron chi connectivity index (χ4n) is 1.45. The highest BCUT2D eigenvalue weighted by Gasteiger charge is 2.12. The maximum Gasteiger partial charge on any atom is 0.325 e. The Kier molecular flexibility index (Phi) is 2.86. The smallest absolute Gasteiger partial charge is 0.325 e. The van der Waals surface area contributed by atoms with Crippen LogP contribution in [0.1, 0.15) is 6.92 Å². The van der Waals surface area contributed by atoms with Crippen LogP contribution in [-0.4, -0.2) is 34.2 Å². The van der Waals surface area contributed by atoms with E-state index >= 15 is 0 Å². The molecule has 6 nitrogen and oxygen atoms in total. The third-order valence-corrected chi connectivity index (χ3v) is 2.41. The first-order valence-corrected chi connectivity index (χ1v) is 5.13. The summed E-state index contributed by atoms with van der Waals surface area (Å²) in [7, 11) is 1.59. The standard InChI is InChI=1S/C11H13N3O3/c1-6(10(15)16)12-11-13-8-4-3-7(17-2)5-9(8)14-11/h3-6H,1-2H3,(H,15,16)(H2,12,13,14). The Hall–Kier alpha value is -2.24. The van der Waals surface area contributed by atoms with Crippen LogP contribution in [0.15, 0.2) is 18.2 Å². The molecular weight excluding hydrogens is 222 g/mol. The van der Waals surface area contributed by atoms with E-state index in [0.29, 0.717) is 5.95 Å². The van der Waals surface area contributed by atoms with Crippen molar-refractivity contribution in [1.29, 1.82) is 0 Å². The quantitative estimate of drug-likeness (QED) is 0.746. The number of carbonyl (C=O) groups is 1. The van der Waals surface area contributed by atoms with Crippen LogP contribution in [0.4, 0.5) is 5.95 Å². The van der Waals surface area contributed by atoms with E-state index in [2.05, 4.69) is 15.3 Å². The minimum Gasteiger partial charge on any atom is -0.497 e. The largest absolute Gasteiger partial charge is 0.497 e. The van der Waals surface area contributed by atoms with Crippen molar-refractivity contribution in [3.05, 3.63) is 18.2 Å². The summed E-state index contributed by atoms with van der Waals surface area (Å²) in [5.74, 6) is 0.227. The minimum atomic E-state index is -0.928. The van der Waals surface area contributed by atoms with E-state index in [1.165, 1.54) is 0 Å². The number of rotatable bonds is 4. The molecule has 0 saturated carbocycles. The highest BCUT2D eigenvalue weighted by Crippen LogP contribution is 2.20. The molecule has 0 fully saturated rings. The second-order valence-corrected chi connectivity index (χ2v) is 3.67. The number of hydrogen-bond donors (Lipinski definition) is 3. The number of aliphatic carboxylic acids is 1. The lowest BCUT2D eigenvalue weighted by atomic mass is 10.3. The van der Waals surface area contributed by atoms with Crippen LogP contribution in [0.25, 0.3) is 11.0 Å². The van der Waals surface area contributed by atoms with Gasteiger partial charge in [0, 0.05) is 6.07 Å². The second-order valence-electron chi connectivity index (χ2n) is 3.67. The molecule has 1 atom stereocenters. The van der Waals surface area contributed by atoms with E-state index in [-0.39, 0.29) is 0 Å². The van der Waals surface area contributed by atoms with Gasteiger partial charge in [0.15, 0.2) is 0 Å². The number of fused-ring (bicyclic) bond motifs is 1. The number of H-pyrrole nitrogens is 1. The van der Waals surface area contributed by atoms with Gasteiger partial charge in [0.05, 0.1) is 18.1 Å². The molecule has 1 aromatic carbocycles. The highest BCUT2D eigenvalue weighted by molar-refractivity contribution is 5.81. The van der Waals surface area contributed by atoms with E-state index in [9.17, 15) is 4.79 Å². The van der Waals surface area contributed by atoms with E-state index in [1.807, 2.05) is 0 Å². The molecule has 0 bridgehead atoms. The fourth-order valence-corrected chi connectivity index (χ4v) is 1.45. The lowest BCUT2D eigenvalue weighted by molar-refractivity contribution is -0.137. The van der Waals surface area contributed by atoms with E-state index in [0.717, 1.165) is 16.8 Å². The zero-order valence-corrected chi connectivity index (χ0v) is 9.52. The summed E-state index contributed by atoms with van der Waals surface area (Å²) in [4.78, 5) is 17.9. The fraction of sp³-hybridized carbons (Fsp3) is 0.273. The topological polar surface area (TPSA) is 87.2 Å². The molecule has 0 aliphatic rings. The van der Waals surface area contributed by atoms with Gasteiger partial charge < -0.3 is 20.1 Å². The Bertz CT molecular complexity index is 550. The van der Waals surface area contributed by atoms with Gasteiger partial charge in [-0.1, -0.05) is 0 Å². The Labute approximate surface area is 97.6 Å². The number of carboxylic acids is 1. The van der Waals surface area contributed by atoms with Crippen molar-refractivity contribution in [3.8, 4) is 5.75 Å². The number of nitrogens with one attached hydrogen (secondary N) is 2. The molecular formula is C11H13N3O3. The van der Waals surface area contributed by atoms with Crippen molar-refractivity contribution in [2.45, 2.75) is 13.0 Å². The molecule has 3 N–H and O–H groups in total. The number of anilines is 1. The number of ether oxygens (including phenoxy) is 1. The van der Waals surface area contributed by atoms with Crippen LogP contribution in [0, 0.1) is 0 Å². The van der Waals surface area contributed by atoms with Crippen LogP contribution in [-0.2, 0) is 4.79 Å². The van der Waals surface area contributed by atoms with Crippen LogP contribution < -0.4 is 10.1 Å². The van der Waals surface area contributed by atoms with Gasteiger partial charge in [-0.15, -0.1) is 0 Å². The molecule has 2 rings (SSSR count). The average Bonchev–Trinajstić information content (AvgIpc) is 2.69. The van der Waals surface area contributed by atoms with E-state index < -0.39 is 12.0 Å². The summed E-state index contributed by atoms with van der Waals surface area (Å²) < 4.78 is 5.09. The van der Waals surface area contributed by atoms with Crippen molar-refractivity contribution in [2.75, 3.05) is 12.4 Å². The van der Waals surface area contributed by atoms with Crippen LogP contribution in [0.2, 0.25) is 0 Å². The maximum absolute atomic E-state index is 10.7. The molecule has 0 aliphatic carbocycles. The molecule has 17 heavy (non-hydrogen) atoms. The first-order chi connectivity index (χ1) is 8.10. The lowest BCUT2D eigenvalue weighted by Gasteiger charge is -2.06. The molecule has 90 valence electrons. The van der Waals surface area contributed by atoms with Gasteiger partial charge >= 0.3 is 5.97 Å². The minimum absolute atomic E-state index is 0.433. The number of aromatic nitrogens is 2. The van der Waals surface area contributed by atoms with Crippen molar-refractivity contribution in [1.82, 2.24) is 9.97 Å². The lowest BCUT2D eigenvalue weighted by Crippen LogP contribution is -2.25. The third-order valence-electron chi connectivity index (χ3n) is 2.41. The molecule has 1 aromatic heterocycles. The number of benzene rings is 1. The monoisotopic (exact) mass is 235 g/mol. The van der Waals surface area contributed by atoms with Crippen molar-refractivity contribution < 1.29 is 14.6 Å². The normalized spacial score (nSPS) is 12.4. The highest BCUT2D eigenvalue weighted by atomic mass is 16.5. The zero-order valence-electron chi connectivity index (χ0n) is 9.52. The number of methoxy groups -OCH3 is 1. The molecule has 1 heterocycles. The molecule has 2 aromatic rings. The predicted molar refractivity (Wildman–Crippen MR) is 63.4 cm³/mol. The summed E-state index contributed by atoms with van der Waals surface area (Å²) in [6, 6.07) is 4.71. The summed E-state index contributed by atoms with van der Waals surface area (Å²) in [5, 5.41) is 11.5. The number of aromatic amines is 1. The third kappa shape index (κ3) is 2.30. The molecule has 6 heteroatoms. The summed E-state index contributed by atoms with van der Waals surface area (Å²) >= 11 is 0. The first kappa shape index (κ1) is 11.3. The van der Waals surface area contributed by atoms with E-state index in [4.69, 9.17) is 9.84 Å². The van der Waals surface area contributed by atoms with Crippen molar-refractivity contribution in [2.24, 2.45) is 0 Å². The predicted octanol–water partition coefficient (Wildman–Crippen LogP) is 1.46. The van der Waals surface area contributed by atoms with E-state index in [1.54, 1.807) is 32.2 Å². The Morgan fingerprint density at radius 1 is 1.59 bits per heavy atom. The molecule has 0 aliphatic heterocycles. The Balaban J connectivity index is 2.28. The SMILES string of the molecule is COc1ccc2nc(NC(C)C(=O)O)[nH]c2c1. The van der Waals surface area contributed by atoms with Gasteiger partial charge in [-0.3, -0.25) is 4.79 Å². The Morgan fingerprint density at radius 2 is 2.35 bits per heavy atom. The molecule has 0 spiro atoms. The van der Waals surface area contributed by atoms with Crippen molar-refractivity contribution >= 4 is 23.0 Å². The van der Waals surface area contributed by atoms with Gasteiger partial charge in [-0.05, 0) is 19.1 Å². The van der Waals surface area contributed by atoms with Crippen LogP contribution in [0.5, 0.6) is 5.75 Å². The molecule has 0 radical (unpaired) electrons. The van der Waals surface area contributed by atoms with Gasteiger partial charge in [0.1, 0.15) is 11.8 Å². The summed E-state index contributed by atoms with van der Waals surface area (Å²) in [6.07, 6.45) is 0. The van der Waals surface area contributed by atoms with Crippen LogP contribution >= 0.6 is 0 Å². The average molecular weight is 235 g/mol.